The third-order valence-corrected chi connectivity index (χ3v) is 3.43. The zero-order chi connectivity index (χ0) is 11.4. The van der Waals surface area contributed by atoms with E-state index in [9.17, 15) is 11.7 Å². The molecule has 1 unspecified atom stereocenters. The average Bonchev–Trinajstić information content (AvgIpc) is 2.05. The van der Waals surface area contributed by atoms with Crippen LogP contribution in [0.3, 0.4) is 0 Å². The summed E-state index contributed by atoms with van der Waals surface area (Å²) in [5.41, 5.74) is 0. The summed E-state index contributed by atoms with van der Waals surface area (Å²) in [5, 5.41) is 0. The van der Waals surface area contributed by atoms with Gasteiger partial charge in [0.2, 0.25) is 0 Å². The van der Waals surface area contributed by atoms with Crippen LogP contribution in [0.25, 0.3) is 0 Å². The Hall–Kier alpha value is 0.0600. The van der Waals surface area contributed by atoms with Gasteiger partial charge >= 0.3 is 0 Å². The molecule has 0 spiro atoms. The van der Waals surface area contributed by atoms with E-state index in [1.807, 2.05) is 13.8 Å². The molecule has 1 atom stereocenters. The van der Waals surface area contributed by atoms with Gasteiger partial charge in [-0.05, 0) is 20.0 Å². The summed E-state index contributed by atoms with van der Waals surface area (Å²) < 4.78 is 38.4. The summed E-state index contributed by atoms with van der Waals surface area (Å²) in [6.45, 7) is 8.21. The van der Waals surface area contributed by atoms with E-state index >= 15 is 0 Å². The molecule has 0 amide bonds. The first-order valence-electron chi connectivity index (χ1n) is 4.81. The normalized spacial score (nSPS) is 16.4. The van der Waals surface area contributed by atoms with E-state index in [1.54, 1.807) is 18.7 Å². The van der Waals surface area contributed by atoms with Gasteiger partial charge in [0.15, 0.2) is 0 Å². The lowest BCUT2D eigenvalue weighted by molar-refractivity contribution is 0.122. The number of hydrogen-bond acceptors (Lipinski definition) is 2. The monoisotopic (exact) mass is 232 g/mol. The van der Waals surface area contributed by atoms with Crippen molar-refractivity contribution in [2.24, 2.45) is 0 Å². The van der Waals surface area contributed by atoms with Gasteiger partial charge in [-0.1, -0.05) is 20.8 Å². The first kappa shape index (κ1) is 14.1. The van der Waals surface area contributed by atoms with Gasteiger partial charge in [0.25, 0.3) is 11.4 Å². The summed E-state index contributed by atoms with van der Waals surface area (Å²) in [6.07, 6.45) is -0.551. The number of halogens is 3. The molecule has 88 valence electrons. The van der Waals surface area contributed by atoms with Crippen molar-refractivity contribution in [2.45, 2.75) is 33.9 Å². The smallest absolute Gasteiger partial charge is 0.279 e. The quantitative estimate of drug-likeness (QED) is 0.648. The van der Waals surface area contributed by atoms with Crippen molar-refractivity contribution >= 4 is 11.4 Å². The highest BCUT2D eigenvalue weighted by molar-refractivity contribution is 8.18. The Labute approximate surface area is 86.4 Å². The van der Waals surface area contributed by atoms with Gasteiger partial charge in [0.05, 0.1) is 6.17 Å². The Morgan fingerprint density at radius 3 is 1.64 bits per heavy atom. The zero-order valence-electron chi connectivity index (χ0n) is 9.14. The van der Waals surface area contributed by atoms with Crippen molar-refractivity contribution in [3.8, 4) is 0 Å². The SMILES string of the molecule is CCN(CC)C(C)N(CC)S(F)(F)F. The maximum absolute atomic E-state index is 12.6. The molecule has 0 radical (unpaired) electrons. The molecule has 0 N–H and O–H groups in total. The minimum Gasteiger partial charge on any atom is -0.288 e. The molecule has 0 rings (SSSR count). The van der Waals surface area contributed by atoms with Crippen LogP contribution < -0.4 is 0 Å². The van der Waals surface area contributed by atoms with Crippen LogP contribution in [0.15, 0.2) is 0 Å². The fourth-order valence-electron chi connectivity index (χ4n) is 1.52. The van der Waals surface area contributed by atoms with Gasteiger partial charge < -0.3 is 0 Å². The van der Waals surface area contributed by atoms with Crippen molar-refractivity contribution in [1.29, 1.82) is 0 Å². The van der Waals surface area contributed by atoms with Crippen molar-refractivity contribution in [2.75, 3.05) is 19.6 Å². The number of nitrogens with zero attached hydrogens (tertiary/aromatic N) is 2. The van der Waals surface area contributed by atoms with E-state index in [2.05, 4.69) is 0 Å². The second kappa shape index (κ2) is 5.82. The van der Waals surface area contributed by atoms with Gasteiger partial charge in [-0.25, -0.2) is 0 Å². The molecule has 0 aliphatic carbocycles. The molecular formula is C8H19F3N2S. The Morgan fingerprint density at radius 1 is 1.00 bits per heavy atom. The lowest BCUT2D eigenvalue weighted by atomic mass is 10.4. The van der Waals surface area contributed by atoms with Crippen LogP contribution in [0.4, 0.5) is 11.7 Å². The largest absolute Gasteiger partial charge is 0.288 e. The fourth-order valence-corrected chi connectivity index (χ4v) is 2.29. The topological polar surface area (TPSA) is 6.48 Å². The Bertz CT molecular complexity index is 159. The average molecular weight is 232 g/mol. The summed E-state index contributed by atoms with van der Waals surface area (Å²) >= 11 is -5.09. The maximum Gasteiger partial charge on any atom is 0.279 e. The molecule has 0 saturated heterocycles. The summed E-state index contributed by atoms with van der Waals surface area (Å²) in [6, 6.07) is 0. The molecule has 0 aromatic carbocycles. The van der Waals surface area contributed by atoms with Gasteiger partial charge in [0, 0.05) is 6.54 Å². The van der Waals surface area contributed by atoms with E-state index in [-0.39, 0.29) is 6.54 Å². The molecule has 0 aromatic heterocycles. The van der Waals surface area contributed by atoms with E-state index < -0.39 is 17.5 Å². The molecule has 2 nitrogen and oxygen atoms in total. The summed E-state index contributed by atoms with van der Waals surface area (Å²) in [5.74, 6) is 0. The van der Waals surface area contributed by atoms with Crippen LogP contribution in [-0.4, -0.2) is 35.0 Å². The van der Waals surface area contributed by atoms with Crippen molar-refractivity contribution < 1.29 is 11.7 Å². The van der Waals surface area contributed by atoms with Crippen LogP contribution >= 0.6 is 11.4 Å². The van der Waals surface area contributed by atoms with E-state index in [4.69, 9.17) is 0 Å². The van der Waals surface area contributed by atoms with Crippen molar-refractivity contribution in [1.82, 2.24) is 9.21 Å². The maximum atomic E-state index is 12.6. The van der Waals surface area contributed by atoms with E-state index in [0.717, 1.165) is 0 Å². The Morgan fingerprint density at radius 2 is 1.43 bits per heavy atom. The third kappa shape index (κ3) is 3.67. The fraction of sp³-hybridized carbons (Fsp3) is 1.00. The highest BCUT2D eigenvalue weighted by Crippen LogP contribution is 2.57. The minimum absolute atomic E-state index is 0.0243. The Kier molecular flexibility index (Phi) is 5.85. The zero-order valence-corrected chi connectivity index (χ0v) is 9.95. The third-order valence-electron chi connectivity index (χ3n) is 2.34. The second-order valence-electron chi connectivity index (χ2n) is 2.97. The predicted molar refractivity (Wildman–Crippen MR) is 55.7 cm³/mol. The van der Waals surface area contributed by atoms with Gasteiger partial charge in [-0.2, -0.15) is 4.31 Å². The van der Waals surface area contributed by atoms with Crippen LogP contribution in [0.1, 0.15) is 27.7 Å². The molecule has 0 aliphatic rings. The van der Waals surface area contributed by atoms with Crippen LogP contribution in [0.5, 0.6) is 0 Å². The predicted octanol–water partition coefficient (Wildman–Crippen LogP) is 3.37. The molecule has 0 saturated carbocycles. The molecule has 0 fully saturated rings. The van der Waals surface area contributed by atoms with Gasteiger partial charge in [-0.15, -0.1) is 11.7 Å². The summed E-state index contributed by atoms with van der Waals surface area (Å²) in [7, 11) is 0. The van der Waals surface area contributed by atoms with Crippen LogP contribution in [0, 0.1) is 0 Å². The number of rotatable bonds is 6. The van der Waals surface area contributed by atoms with E-state index in [0.29, 0.717) is 17.4 Å². The van der Waals surface area contributed by atoms with E-state index in [1.165, 1.54) is 0 Å². The van der Waals surface area contributed by atoms with Crippen LogP contribution in [-0.2, 0) is 0 Å². The molecule has 6 heteroatoms. The van der Waals surface area contributed by atoms with Gasteiger partial charge in [0.1, 0.15) is 0 Å². The molecular weight excluding hydrogens is 213 g/mol. The highest BCUT2D eigenvalue weighted by atomic mass is 32.3. The second-order valence-corrected chi connectivity index (χ2v) is 4.20. The molecule has 0 heterocycles. The lowest BCUT2D eigenvalue weighted by Crippen LogP contribution is -2.45. The standard InChI is InChI=1S/C8H19F3N2S/c1-5-12(6-2)8(4)13(7-3)14(9,10)11/h8H,5-7H2,1-4H3. The highest BCUT2D eigenvalue weighted by Gasteiger charge is 2.35. The van der Waals surface area contributed by atoms with Crippen LogP contribution in [0.2, 0.25) is 0 Å². The minimum atomic E-state index is -5.09. The Balaban J connectivity index is 4.52. The molecule has 0 aliphatic heterocycles. The molecule has 0 bridgehead atoms. The molecule has 14 heavy (non-hydrogen) atoms. The summed E-state index contributed by atoms with van der Waals surface area (Å²) in [4.78, 5) is 1.80. The first-order chi connectivity index (χ1) is 6.38. The lowest BCUT2D eigenvalue weighted by Gasteiger charge is -2.37. The van der Waals surface area contributed by atoms with Crippen molar-refractivity contribution in [3.05, 3.63) is 0 Å². The first-order valence-corrected chi connectivity index (χ1v) is 6.10. The van der Waals surface area contributed by atoms with Crippen molar-refractivity contribution in [3.63, 3.8) is 0 Å². The van der Waals surface area contributed by atoms with Gasteiger partial charge in [-0.3, -0.25) is 4.90 Å². The number of hydrogen-bond donors (Lipinski definition) is 0. The molecule has 0 aromatic rings.